The van der Waals surface area contributed by atoms with E-state index in [4.69, 9.17) is 5.73 Å². The van der Waals surface area contributed by atoms with Crippen LogP contribution in [0.2, 0.25) is 0 Å². The van der Waals surface area contributed by atoms with Gasteiger partial charge in [0.25, 0.3) is 10.0 Å². The van der Waals surface area contributed by atoms with Gasteiger partial charge in [-0.2, -0.15) is 0 Å². The molecule has 2 aromatic rings. The van der Waals surface area contributed by atoms with Gasteiger partial charge >= 0.3 is 0 Å². The van der Waals surface area contributed by atoms with Gasteiger partial charge in [0.15, 0.2) is 0 Å². The fourth-order valence-electron chi connectivity index (χ4n) is 1.83. The van der Waals surface area contributed by atoms with Crippen LogP contribution in [-0.4, -0.2) is 15.5 Å². The number of nitrogens with two attached hydrogens (primary N) is 1. The summed E-state index contributed by atoms with van der Waals surface area (Å²) in [4.78, 5) is 0.124. The lowest BCUT2D eigenvalue weighted by atomic mass is 10.2. The molecule has 0 radical (unpaired) electrons. The standard InChI is InChI=1S/C14H16N2O2S/c1-11-6-5-7-12(10-11)16(2)19(17,18)14-9-4-3-8-13(14)15/h3-10H,15H2,1-2H3. The minimum absolute atomic E-state index is 0.124. The molecule has 0 aromatic heterocycles. The minimum Gasteiger partial charge on any atom is -0.398 e. The van der Waals surface area contributed by atoms with E-state index in [1.54, 1.807) is 24.3 Å². The zero-order valence-electron chi connectivity index (χ0n) is 10.9. The Kier molecular flexibility index (Phi) is 3.48. The second-order valence-electron chi connectivity index (χ2n) is 4.35. The number of para-hydroxylation sites is 1. The predicted molar refractivity (Wildman–Crippen MR) is 77.6 cm³/mol. The fourth-order valence-corrected chi connectivity index (χ4v) is 3.13. The smallest absolute Gasteiger partial charge is 0.266 e. The Balaban J connectivity index is 2.49. The second-order valence-corrected chi connectivity index (χ2v) is 6.29. The number of hydrogen-bond acceptors (Lipinski definition) is 3. The van der Waals surface area contributed by atoms with Gasteiger partial charge in [0, 0.05) is 7.05 Å². The molecule has 0 saturated carbocycles. The highest BCUT2D eigenvalue weighted by Gasteiger charge is 2.23. The van der Waals surface area contributed by atoms with Crippen LogP contribution in [0.4, 0.5) is 11.4 Å². The van der Waals surface area contributed by atoms with E-state index >= 15 is 0 Å². The molecular formula is C14H16N2O2S. The van der Waals surface area contributed by atoms with Gasteiger partial charge in [-0.05, 0) is 36.8 Å². The van der Waals surface area contributed by atoms with Crippen molar-refractivity contribution >= 4 is 21.4 Å². The number of anilines is 2. The predicted octanol–water partition coefficient (Wildman–Crippen LogP) is 2.40. The molecule has 100 valence electrons. The van der Waals surface area contributed by atoms with E-state index < -0.39 is 10.0 Å². The van der Waals surface area contributed by atoms with Gasteiger partial charge in [-0.25, -0.2) is 8.42 Å². The highest BCUT2D eigenvalue weighted by Crippen LogP contribution is 2.25. The third-order valence-corrected chi connectivity index (χ3v) is 4.78. The van der Waals surface area contributed by atoms with E-state index in [9.17, 15) is 8.42 Å². The summed E-state index contributed by atoms with van der Waals surface area (Å²) in [5.41, 5.74) is 7.61. The van der Waals surface area contributed by atoms with Crippen LogP contribution in [-0.2, 0) is 10.0 Å². The number of nitrogens with zero attached hydrogens (tertiary/aromatic N) is 1. The van der Waals surface area contributed by atoms with Crippen LogP contribution >= 0.6 is 0 Å². The van der Waals surface area contributed by atoms with Gasteiger partial charge in [-0.15, -0.1) is 0 Å². The maximum Gasteiger partial charge on any atom is 0.266 e. The van der Waals surface area contributed by atoms with E-state index in [0.717, 1.165) is 5.56 Å². The van der Waals surface area contributed by atoms with Crippen LogP contribution in [0.5, 0.6) is 0 Å². The summed E-state index contributed by atoms with van der Waals surface area (Å²) in [6.45, 7) is 1.92. The number of rotatable bonds is 3. The summed E-state index contributed by atoms with van der Waals surface area (Å²) in [6.07, 6.45) is 0. The molecule has 0 fully saturated rings. The number of nitrogen functional groups attached to an aromatic ring is 1. The molecule has 0 saturated heterocycles. The van der Waals surface area contributed by atoms with Gasteiger partial charge in [-0.3, -0.25) is 4.31 Å². The Morgan fingerprint density at radius 3 is 2.37 bits per heavy atom. The minimum atomic E-state index is -3.63. The van der Waals surface area contributed by atoms with E-state index in [-0.39, 0.29) is 10.6 Å². The lowest BCUT2D eigenvalue weighted by molar-refractivity contribution is 0.595. The third kappa shape index (κ3) is 2.56. The average Bonchev–Trinajstić information content (AvgIpc) is 2.38. The molecule has 2 rings (SSSR count). The molecule has 0 bridgehead atoms. The van der Waals surface area contributed by atoms with E-state index in [1.165, 1.54) is 17.4 Å². The SMILES string of the molecule is Cc1cccc(N(C)S(=O)(=O)c2ccccc2N)c1. The second kappa shape index (κ2) is 4.93. The maximum atomic E-state index is 12.5. The van der Waals surface area contributed by atoms with Crippen LogP contribution in [0, 0.1) is 6.92 Å². The zero-order valence-corrected chi connectivity index (χ0v) is 11.7. The van der Waals surface area contributed by atoms with Crippen LogP contribution in [0.25, 0.3) is 0 Å². The van der Waals surface area contributed by atoms with Crippen molar-refractivity contribution in [2.24, 2.45) is 0 Å². The molecule has 0 aliphatic heterocycles. The lowest BCUT2D eigenvalue weighted by Crippen LogP contribution is -2.27. The Hall–Kier alpha value is -2.01. The van der Waals surface area contributed by atoms with Crippen LogP contribution in [0.3, 0.4) is 0 Å². The number of benzene rings is 2. The summed E-state index contributed by atoms with van der Waals surface area (Å²) in [5.74, 6) is 0. The quantitative estimate of drug-likeness (QED) is 0.876. The number of sulfonamides is 1. The molecule has 19 heavy (non-hydrogen) atoms. The summed E-state index contributed by atoms with van der Waals surface area (Å²) in [5, 5.41) is 0. The topological polar surface area (TPSA) is 63.4 Å². The Morgan fingerprint density at radius 1 is 1.05 bits per heavy atom. The monoisotopic (exact) mass is 276 g/mol. The summed E-state index contributed by atoms with van der Waals surface area (Å²) < 4.78 is 26.3. The van der Waals surface area contributed by atoms with Gasteiger partial charge in [0.05, 0.1) is 11.4 Å². The van der Waals surface area contributed by atoms with Crippen molar-refractivity contribution in [1.29, 1.82) is 0 Å². The Labute approximate surface area is 113 Å². The molecule has 0 amide bonds. The largest absolute Gasteiger partial charge is 0.398 e. The Morgan fingerprint density at radius 2 is 1.74 bits per heavy atom. The summed E-state index contributed by atoms with van der Waals surface area (Å²) in [7, 11) is -2.11. The van der Waals surface area contributed by atoms with Gasteiger partial charge in [0.1, 0.15) is 4.90 Å². The molecule has 2 N–H and O–H groups in total. The van der Waals surface area contributed by atoms with Gasteiger partial charge in [0.2, 0.25) is 0 Å². The van der Waals surface area contributed by atoms with Crippen LogP contribution in [0.1, 0.15) is 5.56 Å². The van der Waals surface area contributed by atoms with Crippen LogP contribution < -0.4 is 10.0 Å². The van der Waals surface area contributed by atoms with E-state index in [2.05, 4.69) is 0 Å². The maximum absolute atomic E-state index is 12.5. The lowest BCUT2D eigenvalue weighted by Gasteiger charge is -2.20. The first-order valence-electron chi connectivity index (χ1n) is 5.83. The van der Waals surface area contributed by atoms with Crippen molar-refractivity contribution in [2.45, 2.75) is 11.8 Å². The van der Waals surface area contributed by atoms with Crippen molar-refractivity contribution < 1.29 is 8.42 Å². The fraction of sp³-hybridized carbons (Fsp3) is 0.143. The van der Waals surface area contributed by atoms with Crippen molar-refractivity contribution in [1.82, 2.24) is 0 Å². The van der Waals surface area contributed by atoms with Gasteiger partial charge < -0.3 is 5.73 Å². The van der Waals surface area contributed by atoms with E-state index in [1.807, 2.05) is 25.1 Å². The van der Waals surface area contributed by atoms with Crippen molar-refractivity contribution in [2.75, 3.05) is 17.1 Å². The third-order valence-electron chi connectivity index (χ3n) is 2.92. The molecule has 0 heterocycles. The molecule has 5 heteroatoms. The zero-order chi connectivity index (χ0) is 14.0. The van der Waals surface area contributed by atoms with Crippen molar-refractivity contribution in [3.63, 3.8) is 0 Å². The summed E-state index contributed by atoms with van der Waals surface area (Å²) in [6, 6.07) is 13.8. The van der Waals surface area contributed by atoms with Crippen molar-refractivity contribution in [3.05, 3.63) is 54.1 Å². The first-order chi connectivity index (χ1) is 8.93. The van der Waals surface area contributed by atoms with E-state index in [0.29, 0.717) is 5.69 Å². The molecule has 0 atom stereocenters. The molecule has 0 aliphatic rings. The number of hydrogen-bond donors (Lipinski definition) is 1. The van der Waals surface area contributed by atoms with Gasteiger partial charge in [-0.1, -0.05) is 24.3 Å². The number of aryl methyl sites for hydroxylation is 1. The molecule has 2 aromatic carbocycles. The Bertz CT molecular complexity index is 696. The molecular weight excluding hydrogens is 260 g/mol. The highest BCUT2D eigenvalue weighted by molar-refractivity contribution is 7.93. The molecule has 0 unspecified atom stereocenters. The van der Waals surface area contributed by atoms with Crippen LogP contribution in [0.15, 0.2) is 53.4 Å². The first-order valence-corrected chi connectivity index (χ1v) is 7.27. The molecule has 4 nitrogen and oxygen atoms in total. The molecule has 0 aliphatic carbocycles. The highest BCUT2D eigenvalue weighted by atomic mass is 32.2. The average molecular weight is 276 g/mol. The summed E-state index contributed by atoms with van der Waals surface area (Å²) >= 11 is 0. The first kappa shape index (κ1) is 13.4. The van der Waals surface area contributed by atoms with Crippen molar-refractivity contribution in [3.8, 4) is 0 Å². The normalized spacial score (nSPS) is 11.3. The molecule has 0 spiro atoms.